The van der Waals surface area contributed by atoms with Gasteiger partial charge in [0.05, 0.1) is 0 Å². The maximum Gasteiger partial charge on any atom is 0.293 e. The number of H-pyrrole nitrogens is 1. The third kappa shape index (κ3) is 4.59. The molecule has 8 heteroatoms. The van der Waals surface area contributed by atoms with Crippen LogP contribution in [0.15, 0.2) is 67.0 Å². The second-order valence-electron chi connectivity index (χ2n) is 7.09. The summed E-state index contributed by atoms with van der Waals surface area (Å²) in [6, 6.07) is 14.4. The van der Waals surface area contributed by atoms with Crippen molar-refractivity contribution >= 4 is 23.3 Å². The van der Waals surface area contributed by atoms with Gasteiger partial charge in [-0.1, -0.05) is 6.07 Å². The van der Waals surface area contributed by atoms with Crippen molar-refractivity contribution in [3.8, 4) is 11.6 Å². The molecule has 0 aliphatic heterocycles. The van der Waals surface area contributed by atoms with Crippen molar-refractivity contribution in [1.29, 1.82) is 0 Å². The molecule has 7 nitrogen and oxygen atoms in total. The Morgan fingerprint density at radius 1 is 1.22 bits per heavy atom. The Labute approximate surface area is 183 Å². The van der Waals surface area contributed by atoms with Crippen LogP contribution in [0.4, 0.5) is 4.39 Å². The van der Waals surface area contributed by atoms with E-state index in [4.69, 9.17) is 9.47 Å². The van der Waals surface area contributed by atoms with E-state index in [1.165, 1.54) is 30.5 Å². The fourth-order valence-electron chi connectivity index (χ4n) is 3.33. The van der Waals surface area contributed by atoms with Gasteiger partial charge in [0.2, 0.25) is 5.88 Å². The number of carbonyl (C=O) groups is 2. The zero-order valence-electron chi connectivity index (χ0n) is 17.2. The van der Waals surface area contributed by atoms with Gasteiger partial charge in [0.25, 0.3) is 12.4 Å². The average molecular weight is 433 g/mol. The third-order valence-electron chi connectivity index (χ3n) is 4.97. The number of aromatic amines is 1. The Morgan fingerprint density at radius 3 is 2.81 bits per heavy atom. The molecule has 32 heavy (non-hydrogen) atoms. The highest BCUT2D eigenvalue weighted by Gasteiger charge is 2.16. The third-order valence-corrected chi connectivity index (χ3v) is 4.97. The molecular formula is C24H20FN3O4. The highest BCUT2D eigenvalue weighted by molar-refractivity contribution is 5.96. The van der Waals surface area contributed by atoms with Crippen molar-refractivity contribution in [2.45, 2.75) is 19.6 Å². The number of hydrogen-bond acceptors (Lipinski definition) is 5. The monoisotopic (exact) mass is 433 g/mol. The minimum absolute atomic E-state index is 0.125. The van der Waals surface area contributed by atoms with Gasteiger partial charge in [-0.25, -0.2) is 9.37 Å². The number of nitrogens with one attached hydrogen (secondary N) is 2. The van der Waals surface area contributed by atoms with Crippen LogP contribution in [0.5, 0.6) is 11.6 Å². The Morgan fingerprint density at radius 2 is 2.03 bits per heavy atom. The molecule has 1 atom stereocenters. The first-order valence-corrected chi connectivity index (χ1v) is 9.91. The van der Waals surface area contributed by atoms with Crippen LogP contribution in [-0.4, -0.2) is 22.3 Å². The van der Waals surface area contributed by atoms with Crippen LogP contribution in [0, 0.1) is 5.82 Å². The molecule has 0 saturated heterocycles. The van der Waals surface area contributed by atoms with E-state index in [1.54, 1.807) is 25.3 Å². The zero-order valence-corrected chi connectivity index (χ0v) is 17.2. The van der Waals surface area contributed by atoms with Crippen LogP contribution >= 0.6 is 0 Å². The van der Waals surface area contributed by atoms with Crippen LogP contribution in [-0.2, 0) is 16.1 Å². The second kappa shape index (κ2) is 9.30. The number of amides is 1. The summed E-state index contributed by atoms with van der Waals surface area (Å²) in [5, 5.41) is 3.77. The topological polar surface area (TPSA) is 93.3 Å². The molecular weight excluding hydrogens is 413 g/mol. The maximum absolute atomic E-state index is 13.1. The van der Waals surface area contributed by atoms with Gasteiger partial charge in [0.15, 0.2) is 0 Å². The zero-order chi connectivity index (χ0) is 22.5. The van der Waals surface area contributed by atoms with E-state index >= 15 is 0 Å². The molecule has 2 aromatic heterocycles. The Kier molecular flexibility index (Phi) is 6.12. The fourth-order valence-corrected chi connectivity index (χ4v) is 3.33. The summed E-state index contributed by atoms with van der Waals surface area (Å²) in [7, 11) is 0. The number of fused-ring (bicyclic) bond motifs is 1. The normalized spacial score (nSPS) is 11.7. The van der Waals surface area contributed by atoms with Crippen LogP contribution < -0.4 is 10.1 Å². The first-order chi connectivity index (χ1) is 15.5. The predicted octanol–water partition coefficient (Wildman–Crippen LogP) is 4.66. The molecule has 2 aromatic carbocycles. The molecule has 0 spiro atoms. The second-order valence-corrected chi connectivity index (χ2v) is 7.09. The number of ether oxygens (including phenoxy) is 2. The number of carbonyl (C=O) groups excluding carboxylic acids is 2. The smallest absolute Gasteiger partial charge is 0.293 e. The Bertz CT molecular complexity index is 1250. The van der Waals surface area contributed by atoms with Gasteiger partial charge in [0.1, 0.15) is 23.2 Å². The number of halogens is 1. The number of benzene rings is 2. The Hall–Kier alpha value is -4.20. The lowest BCUT2D eigenvalue weighted by molar-refractivity contribution is -0.133. The number of hydrogen-bond donors (Lipinski definition) is 2. The molecule has 162 valence electrons. The summed E-state index contributed by atoms with van der Waals surface area (Å²) in [5.41, 5.74) is 2.88. The maximum atomic E-state index is 13.1. The quantitative estimate of drug-likeness (QED) is 0.394. The van der Waals surface area contributed by atoms with E-state index in [0.717, 1.165) is 22.0 Å². The van der Waals surface area contributed by atoms with Crippen molar-refractivity contribution in [3.05, 3.63) is 89.5 Å². The molecule has 2 heterocycles. The minimum Gasteiger partial charge on any atom is -0.460 e. The van der Waals surface area contributed by atoms with Crippen molar-refractivity contribution < 1.29 is 23.5 Å². The van der Waals surface area contributed by atoms with Crippen molar-refractivity contribution in [1.82, 2.24) is 15.3 Å². The van der Waals surface area contributed by atoms with E-state index in [9.17, 15) is 14.0 Å². The molecule has 4 rings (SSSR count). The molecule has 2 N–H and O–H groups in total. The van der Waals surface area contributed by atoms with Gasteiger partial charge >= 0.3 is 0 Å². The molecule has 0 fully saturated rings. The standard InChI is InChI=1S/C24H20FN3O4/c1-15(31-14-29)21-13-27-22-9-4-16(11-20(21)22)12-28-23(30)19-3-2-10-26-24(19)32-18-7-5-17(25)6-8-18/h2-11,13-15,27H,12H2,1H3,(H,28,30). The summed E-state index contributed by atoms with van der Waals surface area (Å²) in [4.78, 5) is 30.8. The van der Waals surface area contributed by atoms with Gasteiger partial charge in [-0.2, -0.15) is 0 Å². The number of pyridine rings is 1. The Balaban J connectivity index is 1.49. The highest BCUT2D eigenvalue weighted by Crippen LogP contribution is 2.27. The number of nitrogens with zero attached hydrogens (tertiary/aromatic N) is 1. The van der Waals surface area contributed by atoms with Crippen LogP contribution in [0.3, 0.4) is 0 Å². The summed E-state index contributed by atoms with van der Waals surface area (Å²) < 4.78 is 23.8. The lowest BCUT2D eigenvalue weighted by Crippen LogP contribution is -2.23. The molecule has 0 radical (unpaired) electrons. The molecule has 0 saturated carbocycles. The molecule has 0 aliphatic carbocycles. The lowest BCUT2D eigenvalue weighted by Gasteiger charge is -2.11. The number of rotatable bonds is 8. The van der Waals surface area contributed by atoms with Crippen LogP contribution in [0.25, 0.3) is 10.9 Å². The fraction of sp³-hybridized carbons (Fsp3) is 0.125. The lowest BCUT2D eigenvalue weighted by atomic mass is 10.1. The molecule has 1 amide bonds. The van der Waals surface area contributed by atoms with Gasteiger partial charge in [-0.05, 0) is 61.0 Å². The summed E-state index contributed by atoms with van der Waals surface area (Å²) in [6.45, 7) is 2.48. The SMILES string of the molecule is CC(OC=O)c1c[nH]c2ccc(CNC(=O)c3cccnc3Oc3ccc(F)cc3)cc12. The van der Waals surface area contributed by atoms with E-state index in [2.05, 4.69) is 15.3 Å². The highest BCUT2D eigenvalue weighted by atomic mass is 19.1. The first-order valence-electron chi connectivity index (χ1n) is 9.91. The van der Waals surface area contributed by atoms with Crippen molar-refractivity contribution in [2.75, 3.05) is 0 Å². The van der Waals surface area contributed by atoms with Gasteiger partial charge in [-0.3, -0.25) is 9.59 Å². The van der Waals surface area contributed by atoms with Gasteiger partial charge in [-0.15, -0.1) is 0 Å². The van der Waals surface area contributed by atoms with E-state index < -0.39 is 6.10 Å². The average Bonchev–Trinajstić information content (AvgIpc) is 3.23. The van der Waals surface area contributed by atoms with E-state index in [1.807, 2.05) is 18.2 Å². The number of aromatic nitrogens is 2. The molecule has 1 unspecified atom stereocenters. The van der Waals surface area contributed by atoms with Crippen molar-refractivity contribution in [3.63, 3.8) is 0 Å². The van der Waals surface area contributed by atoms with Gasteiger partial charge < -0.3 is 19.8 Å². The predicted molar refractivity (Wildman–Crippen MR) is 116 cm³/mol. The summed E-state index contributed by atoms with van der Waals surface area (Å²) in [6.07, 6.45) is 2.92. The van der Waals surface area contributed by atoms with Crippen LogP contribution in [0.2, 0.25) is 0 Å². The van der Waals surface area contributed by atoms with Gasteiger partial charge in [0, 0.05) is 35.4 Å². The minimum atomic E-state index is -0.396. The summed E-state index contributed by atoms with van der Waals surface area (Å²) >= 11 is 0. The molecule has 4 aromatic rings. The molecule has 0 aliphatic rings. The van der Waals surface area contributed by atoms with E-state index in [0.29, 0.717) is 12.2 Å². The summed E-state index contributed by atoms with van der Waals surface area (Å²) in [5.74, 6) is -0.246. The van der Waals surface area contributed by atoms with Crippen LogP contribution in [0.1, 0.15) is 34.5 Å². The first kappa shape index (κ1) is 21.0. The van der Waals surface area contributed by atoms with E-state index in [-0.39, 0.29) is 29.7 Å². The largest absolute Gasteiger partial charge is 0.460 e. The molecule has 0 bridgehead atoms. The van der Waals surface area contributed by atoms with Crippen molar-refractivity contribution in [2.24, 2.45) is 0 Å².